The van der Waals surface area contributed by atoms with Gasteiger partial charge in [0.1, 0.15) is 5.72 Å². The lowest BCUT2D eigenvalue weighted by Gasteiger charge is -2.40. The van der Waals surface area contributed by atoms with Crippen LogP contribution in [0.3, 0.4) is 0 Å². The predicted octanol–water partition coefficient (Wildman–Crippen LogP) is 2.12. The minimum atomic E-state index is -0.921. The van der Waals surface area contributed by atoms with E-state index in [4.69, 9.17) is 0 Å². The molecule has 0 aliphatic carbocycles. The quantitative estimate of drug-likeness (QED) is 0.823. The van der Waals surface area contributed by atoms with E-state index in [1.165, 1.54) is 5.56 Å². The molecular formula is C15H19NO2. The lowest BCUT2D eigenvalue weighted by atomic mass is 9.82. The summed E-state index contributed by atoms with van der Waals surface area (Å²) < 4.78 is 0. The van der Waals surface area contributed by atoms with Crippen LogP contribution in [0.25, 0.3) is 0 Å². The standard InChI is InChI=1S/C15H19NO2/c1-11-13(12-6-3-2-4-7-12)10-16-14(17)8-5-9-15(11,16)18/h2-4,6-7,11,13,18H,5,8-10H2,1H3/t11-,13+,15-/m0/s1. The van der Waals surface area contributed by atoms with Crippen molar-refractivity contribution < 1.29 is 9.90 Å². The van der Waals surface area contributed by atoms with E-state index in [0.29, 0.717) is 19.4 Å². The third-order valence-electron chi connectivity index (χ3n) is 4.64. The van der Waals surface area contributed by atoms with Crippen molar-refractivity contribution >= 4 is 5.91 Å². The van der Waals surface area contributed by atoms with Gasteiger partial charge in [-0.25, -0.2) is 0 Å². The zero-order chi connectivity index (χ0) is 12.8. The monoisotopic (exact) mass is 245 g/mol. The van der Waals surface area contributed by atoms with Gasteiger partial charge in [0.05, 0.1) is 0 Å². The van der Waals surface area contributed by atoms with Gasteiger partial charge in [0.25, 0.3) is 0 Å². The summed E-state index contributed by atoms with van der Waals surface area (Å²) in [5.74, 6) is 0.455. The average Bonchev–Trinajstić information content (AvgIpc) is 2.65. The number of hydrogen-bond acceptors (Lipinski definition) is 2. The van der Waals surface area contributed by atoms with Gasteiger partial charge in [-0.15, -0.1) is 0 Å². The summed E-state index contributed by atoms with van der Waals surface area (Å²) >= 11 is 0. The molecule has 0 spiro atoms. The van der Waals surface area contributed by atoms with Gasteiger partial charge in [0.2, 0.25) is 5.91 Å². The molecule has 0 radical (unpaired) electrons. The van der Waals surface area contributed by atoms with Gasteiger partial charge in [-0.1, -0.05) is 37.3 Å². The highest BCUT2D eigenvalue weighted by molar-refractivity contribution is 5.78. The molecule has 2 aliphatic rings. The first kappa shape index (κ1) is 11.7. The first-order valence-corrected chi connectivity index (χ1v) is 6.71. The third kappa shape index (κ3) is 1.57. The first-order valence-electron chi connectivity index (χ1n) is 6.71. The zero-order valence-electron chi connectivity index (χ0n) is 10.7. The SMILES string of the molecule is C[C@H]1[C@H](c2ccccc2)CN2C(=O)CCC[C@]12O. The van der Waals surface area contributed by atoms with Crippen LogP contribution in [0.4, 0.5) is 0 Å². The number of nitrogens with zero attached hydrogens (tertiary/aromatic N) is 1. The molecular weight excluding hydrogens is 226 g/mol. The van der Waals surface area contributed by atoms with Crippen LogP contribution in [-0.2, 0) is 4.79 Å². The van der Waals surface area contributed by atoms with Gasteiger partial charge >= 0.3 is 0 Å². The molecule has 96 valence electrons. The largest absolute Gasteiger partial charge is 0.370 e. The molecule has 2 saturated heterocycles. The molecule has 3 atom stereocenters. The molecule has 2 heterocycles. The van der Waals surface area contributed by atoms with Gasteiger partial charge in [-0.05, 0) is 18.4 Å². The molecule has 0 bridgehead atoms. The average molecular weight is 245 g/mol. The zero-order valence-corrected chi connectivity index (χ0v) is 10.7. The molecule has 3 heteroatoms. The summed E-state index contributed by atoms with van der Waals surface area (Å²) in [6.45, 7) is 2.72. The number of fused-ring (bicyclic) bond motifs is 1. The Labute approximate surface area is 107 Å². The molecule has 18 heavy (non-hydrogen) atoms. The molecule has 0 unspecified atom stereocenters. The lowest BCUT2D eigenvalue weighted by Crippen LogP contribution is -2.52. The highest BCUT2D eigenvalue weighted by Gasteiger charge is 2.53. The van der Waals surface area contributed by atoms with Crippen LogP contribution in [0.5, 0.6) is 0 Å². The minimum Gasteiger partial charge on any atom is -0.370 e. The number of amides is 1. The van der Waals surface area contributed by atoms with Crippen molar-refractivity contribution in [1.29, 1.82) is 0 Å². The second-order valence-electron chi connectivity index (χ2n) is 5.54. The smallest absolute Gasteiger partial charge is 0.224 e. The first-order chi connectivity index (χ1) is 8.63. The Morgan fingerprint density at radius 3 is 2.72 bits per heavy atom. The van der Waals surface area contributed by atoms with E-state index in [1.54, 1.807) is 4.90 Å². The van der Waals surface area contributed by atoms with Crippen molar-refractivity contribution in [3.63, 3.8) is 0 Å². The molecule has 0 saturated carbocycles. The maximum absolute atomic E-state index is 12.0. The summed E-state index contributed by atoms with van der Waals surface area (Å²) in [6, 6.07) is 10.2. The number of hydrogen-bond donors (Lipinski definition) is 1. The Kier molecular flexibility index (Phi) is 2.67. The van der Waals surface area contributed by atoms with Crippen molar-refractivity contribution in [1.82, 2.24) is 4.90 Å². The van der Waals surface area contributed by atoms with Gasteiger partial charge in [0, 0.05) is 24.8 Å². The summed E-state index contributed by atoms with van der Waals surface area (Å²) in [5.41, 5.74) is 0.302. The molecule has 3 nitrogen and oxygen atoms in total. The van der Waals surface area contributed by atoms with Crippen LogP contribution in [0.1, 0.15) is 37.7 Å². The van der Waals surface area contributed by atoms with Crippen molar-refractivity contribution in [2.45, 2.75) is 37.8 Å². The summed E-state index contributed by atoms with van der Waals surface area (Å²) in [4.78, 5) is 13.7. The van der Waals surface area contributed by atoms with Crippen LogP contribution < -0.4 is 0 Å². The van der Waals surface area contributed by atoms with E-state index in [2.05, 4.69) is 19.1 Å². The second kappa shape index (κ2) is 4.09. The highest BCUT2D eigenvalue weighted by atomic mass is 16.3. The third-order valence-corrected chi connectivity index (χ3v) is 4.64. The van der Waals surface area contributed by atoms with Crippen molar-refractivity contribution in [3.05, 3.63) is 35.9 Å². The maximum atomic E-state index is 12.0. The summed E-state index contributed by atoms with van der Waals surface area (Å²) in [7, 11) is 0. The van der Waals surface area contributed by atoms with E-state index in [1.807, 2.05) is 18.2 Å². The van der Waals surface area contributed by atoms with Crippen molar-refractivity contribution in [2.75, 3.05) is 6.54 Å². The number of carbonyl (C=O) groups excluding carboxylic acids is 1. The number of rotatable bonds is 1. The van der Waals surface area contributed by atoms with Crippen LogP contribution in [0.15, 0.2) is 30.3 Å². The molecule has 1 amide bonds. The Morgan fingerprint density at radius 2 is 2.06 bits per heavy atom. The van der Waals surface area contributed by atoms with Crippen LogP contribution in [0, 0.1) is 5.92 Å². The van der Waals surface area contributed by atoms with E-state index in [-0.39, 0.29) is 17.7 Å². The van der Waals surface area contributed by atoms with Crippen LogP contribution in [-0.4, -0.2) is 28.2 Å². The normalized spacial score (nSPS) is 35.7. The Bertz CT molecular complexity index is 459. The Balaban J connectivity index is 1.95. The van der Waals surface area contributed by atoms with Crippen molar-refractivity contribution in [3.8, 4) is 0 Å². The summed E-state index contributed by atoms with van der Waals surface area (Å²) in [5, 5.41) is 10.8. The molecule has 1 aromatic rings. The van der Waals surface area contributed by atoms with Crippen LogP contribution >= 0.6 is 0 Å². The molecule has 2 aliphatic heterocycles. The van der Waals surface area contributed by atoms with Gasteiger partial charge < -0.3 is 10.0 Å². The van der Waals surface area contributed by atoms with Gasteiger partial charge in [-0.2, -0.15) is 0 Å². The van der Waals surface area contributed by atoms with E-state index < -0.39 is 5.72 Å². The fourth-order valence-corrected chi connectivity index (χ4v) is 3.49. The maximum Gasteiger partial charge on any atom is 0.224 e. The number of aliphatic hydroxyl groups is 1. The van der Waals surface area contributed by atoms with Gasteiger partial charge in [-0.3, -0.25) is 4.79 Å². The lowest BCUT2D eigenvalue weighted by molar-refractivity contribution is -0.168. The van der Waals surface area contributed by atoms with E-state index >= 15 is 0 Å². The molecule has 0 aromatic heterocycles. The fraction of sp³-hybridized carbons (Fsp3) is 0.533. The van der Waals surface area contributed by atoms with E-state index in [9.17, 15) is 9.90 Å². The number of carbonyl (C=O) groups is 1. The summed E-state index contributed by atoms with van der Waals surface area (Å²) in [6.07, 6.45) is 2.09. The number of benzene rings is 1. The molecule has 3 rings (SSSR count). The minimum absolute atomic E-state index is 0.101. The van der Waals surface area contributed by atoms with Gasteiger partial charge in [0.15, 0.2) is 0 Å². The molecule has 2 fully saturated rings. The topological polar surface area (TPSA) is 40.5 Å². The highest BCUT2D eigenvalue weighted by Crippen LogP contribution is 2.47. The van der Waals surface area contributed by atoms with E-state index in [0.717, 1.165) is 6.42 Å². The molecule has 1 N–H and O–H groups in total. The number of piperidine rings is 1. The molecule has 1 aromatic carbocycles. The fourth-order valence-electron chi connectivity index (χ4n) is 3.49. The Hall–Kier alpha value is -1.35. The predicted molar refractivity (Wildman–Crippen MR) is 68.9 cm³/mol. The second-order valence-corrected chi connectivity index (χ2v) is 5.54. The van der Waals surface area contributed by atoms with Crippen molar-refractivity contribution in [2.24, 2.45) is 5.92 Å². The Morgan fingerprint density at radius 1 is 1.33 bits per heavy atom. The van der Waals surface area contributed by atoms with Crippen LogP contribution in [0.2, 0.25) is 0 Å².